The Hall–Kier alpha value is -2.19. The van der Waals surface area contributed by atoms with E-state index in [2.05, 4.69) is 14.6 Å². The van der Waals surface area contributed by atoms with Crippen LogP contribution in [0, 0.1) is 10.1 Å². The number of hydrogen-bond acceptors (Lipinski definition) is 7. The second-order valence-electron chi connectivity index (χ2n) is 3.62. The number of nitro groups is 1. The number of nitrogens with zero attached hydrogens (tertiary/aromatic N) is 4. The van der Waals surface area contributed by atoms with Crippen LogP contribution in [0.15, 0.2) is 23.6 Å². The summed E-state index contributed by atoms with van der Waals surface area (Å²) in [7, 11) is 0. The number of non-ortho nitro benzene ring substituents is 1. The highest BCUT2D eigenvalue weighted by molar-refractivity contribution is 7.19. The number of nitro benzene ring substituents is 1. The van der Waals surface area contributed by atoms with E-state index in [1.807, 2.05) is 17.5 Å². The highest BCUT2D eigenvalue weighted by atomic mass is 32.1. The SMILES string of the molecule is O=[N+]([O-])c1ccc2sc(/C=C/c3csnn3)nc2c1. The van der Waals surface area contributed by atoms with E-state index < -0.39 is 4.92 Å². The van der Waals surface area contributed by atoms with Crippen LogP contribution < -0.4 is 0 Å². The summed E-state index contributed by atoms with van der Waals surface area (Å²) in [6.45, 7) is 0. The molecule has 1 aromatic carbocycles. The Labute approximate surface area is 115 Å². The molecule has 19 heavy (non-hydrogen) atoms. The third kappa shape index (κ3) is 2.49. The lowest BCUT2D eigenvalue weighted by molar-refractivity contribution is -0.384. The van der Waals surface area contributed by atoms with E-state index in [0.29, 0.717) is 5.52 Å². The van der Waals surface area contributed by atoms with Gasteiger partial charge in [-0.25, -0.2) is 4.98 Å². The molecule has 0 radical (unpaired) electrons. The average Bonchev–Trinajstić information content (AvgIpc) is 3.04. The fourth-order valence-electron chi connectivity index (χ4n) is 1.52. The Bertz CT molecular complexity index is 764. The summed E-state index contributed by atoms with van der Waals surface area (Å²) < 4.78 is 4.67. The van der Waals surface area contributed by atoms with E-state index in [0.717, 1.165) is 15.4 Å². The Balaban J connectivity index is 1.95. The number of thiazole rings is 1. The molecule has 0 amide bonds. The standard InChI is InChI=1S/C11H6N4O2S2/c16-15(17)8-2-3-10-9(5-8)12-11(19-10)4-1-7-6-18-14-13-7/h1-6H/b4-1+. The average molecular weight is 290 g/mol. The van der Waals surface area contributed by atoms with E-state index in [-0.39, 0.29) is 5.69 Å². The monoisotopic (exact) mass is 290 g/mol. The second kappa shape index (κ2) is 4.82. The summed E-state index contributed by atoms with van der Waals surface area (Å²) in [4.78, 5) is 14.6. The van der Waals surface area contributed by atoms with Gasteiger partial charge in [0.15, 0.2) is 0 Å². The zero-order valence-corrected chi connectivity index (χ0v) is 11.0. The van der Waals surface area contributed by atoms with Crippen LogP contribution in [0.2, 0.25) is 0 Å². The Morgan fingerprint density at radius 1 is 1.32 bits per heavy atom. The lowest BCUT2D eigenvalue weighted by Gasteiger charge is -1.89. The fraction of sp³-hybridized carbons (Fsp3) is 0. The summed E-state index contributed by atoms with van der Waals surface area (Å²) in [6, 6.07) is 4.68. The zero-order valence-electron chi connectivity index (χ0n) is 9.39. The van der Waals surface area contributed by atoms with Gasteiger partial charge in [-0.1, -0.05) is 4.49 Å². The second-order valence-corrected chi connectivity index (χ2v) is 5.30. The predicted octanol–water partition coefficient (Wildman–Crippen LogP) is 3.23. The van der Waals surface area contributed by atoms with Crippen molar-refractivity contribution in [3.8, 4) is 0 Å². The third-order valence-electron chi connectivity index (χ3n) is 2.37. The van der Waals surface area contributed by atoms with Crippen molar-refractivity contribution in [2.24, 2.45) is 0 Å². The van der Waals surface area contributed by atoms with Crippen molar-refractivity contribution < 1.29 is 4.92 Å². The summed E-state index contributed by atoms with van der Waals surface area (Å²) >= 11 is 2.75. The molecular weight excluding hydrogens is 284 g/mol. The summed E-state index contributed by atoms with van der Waals surface area (Å²) in [5.74, 6) is 0. The predicted molar refractivity (Wildman–Crippen MR) is 75.1 cm³/mol. The first-order valence-corrected chi connectivity index (χ1v) is 6.88. The van der Waals surface area contributed by atoms with Crippen molar-refractivity contribution in [1.82, 2.24) is 14.6 Å². The molecule has 0 spiro atoms. The molecule has 0 atom stereocenters. The maximum absolute atomic E-state index is 10.7. The van der Waals surface area contributed by atoms with Crippen LogP contribution in [0.25, 0.3) is 22.4 Å². The van der Waals surface area contributed by atoms with Crippen LogP contribution in [-0.2, 0) is 0 Å². The molecule has 0 bridgehead atoms. The summed E-state index contributed by atoms with van der Waals surface area (Å²) in [6.07, 6.45) is 3.64. The minimum absolute atomic E-state index is 0.0528. The van der Waals surface area contributed by atoms with Crippen molar-refractivity contribution in [2.75, 3.05) is 0 Å². The number of rotatable bonds is 3. The highest BCUT2D eigenvalue weighted by Gasteiger charge is 2.09. The first-order valence-electron chi connectivity index (χ1n) is 5.22. The Kier molecular flexibility index (Phi) is 3.02. The molecular formula is C11H6N4O2S2. The Morgan fingerprint density at radius 2 is 2.21 bits per heavy atom. The molecule has 0 unspecified atom stereocenters. The number of fused-ring (bicyclic) bond motifs is 1. The maximum Gasteiger partial charge on any atom is 0.271 e. The van der Waals surface area contributed by atoms with Gasteiger partial charge in [-0.3, -0.25) is 10.1 Å². The smallest absolute Gasteiger partial charge is 0.258 e. The molecule has 0 aliphatic heterocycles. The zero-order chi connectivity index (χ0) is 13.2. The van der Waals surface area contributed by atoms with Gasteiger partial charge in [0.25, 0.3) is 5.69 Å². The molecule has 0 N–H and O–H groups in total. The molecule has 3 rings (SSSR count). The van der Waals surface area contributed by atoms with E-state index in [9.17, 15) is 10.1 Å². The van der Waals surface area contributed by atoms with Gasteiger partial charge < -0.3 is 0 Å². The molecule has 2 aromatic heterocycles. The van der Waals surface area contributed by atoms with Crippen LogP contribution in [-0.4, -0.2) is 19.5 Å². The third-order valence-corrected chi connectivity index (χ3v) is 3.90. The first-order chi connectivity index (χ1) is 9.22. The van der Waals surface area contributed by atoms with Crippen LogP contribution in [0.1, 0.15) is 10.7 Å². The van der Waals surface area contributed by atoms with Gasteiger partial charge in [0.1, 0.15) is 5.01 Å². The molecule has 8 heteroatoms. The quantitative estimate of drug-likeness (QED) is 0.546. The summed E-state index contributed by atoms with van der Waals surface area (Å²) in [5, 5.41) is 17.2. The van der Waals surface area contributed by atoms with Crippen molar-refractivity contribution in [3.63, 3.8) is 0 Å². The van der Waals surface area contributed by atoms with Crippen LogP contribution in [0.4, 0.5) is 5.69 Å². The van der Waals surface area contributed by atoms with Crippen molar-refractivity contribution in [3.05, 3.63) is 44.4 Å². The Morgan fingerprint density at radius 3 is 2.95 bits per heavy atom. The van der Waals surface area contributed by atoms with Gasteiger partial charge in [0.05, 0.1) is 20.8 Å². The summed E-state index contributed by atoms with van der Waals surface area (Å²) in [5.41, 5.74) is 1.46. The van der Waals surface area contributed by atoms with Crippen LogP contribution in [0.3, 0.4) is 0 Å². The minimum atomic E-state index is -0.421. The van der Waals surface area contributed by atoms with Gasteiger partial charge in [-0.15, -0.1) is 16.4 Å². The van der Waals surface area contributed by atoms with Gasteiger partial charge in [-0.05, 0) is 29.8 Å². The van der Waals surface area contributed by atoms with Crippen LogP contribution in [0.5, 0.6) is 0 Å². The molecule has 2 heterocycles. The molecule has 0 fully saturated rings. The number of aromatic nitrogens is 3. The molecule has 0 saturated carbocycles. The van der Waals surface area contributed by atoms with Crippen molar-refractivity contribution >= 4 is 50.9 Å². The maximum atomic E-state index is 10.7. The molecule has 94 valence electrons. The normalized spacial score (nSPS) is 11.4. The van der Waals surface area contributed by atoms with E-state index in [1.165, 1.54) is 35.0 Å². The van der Waals surface area contributed by atoms with Crippen molar-refractivity contribution in [2.45, 2.75) is 0 Å². The molecule has 6 nitrogen and oxygen atoms in total. The van der Waals surface area contributed by atoms with E-state index in [4.69, 9.17) is 0 Å². The topological polar surface area (TPSA) is 81.8 Å². The largest absolute Gasteiger partial charge is 0.271 e. The minimum Gasteiger partial charge on any atom is -0.258 e. The molecule has 0 aliphatic carbocycles. The van der Waals surface area contributed by atoms with E-state index >= 15 is 0 Å². The van der Waals surface area contributed by atoms with Gasteiger partial charge in [-0.2, -0.15) is 0 Å². The number of benzene rings is 1. The lowest BCUT2D eigenvalue weighted by atomic mass is 10.3. The fourth-order valence-corrected chi connectivity index (χ4v) is 2.79. The van der Waals surface area contributed by atoms with Gasteiger partial charge >= 0.3 is 0 Å². The van der Waals surface area contributed by atoms with Crippen molar-refractivity contribution in [1.29, 1.82) is 0 Å². The molecule has 0 saturated heterocycles. The number of hydrogen-bond donors (Lipinski definition) is 0. The van der Waals surface area contributed by atoms with E-state index in [1.54, 1.807) is 6.07 Å². The lowest BCUT2D eigenvalue weighted by Crippen LogP contribution is -1.86. The highest BCUT2D eigenvalue weighted by Crippen LogP contribution is 2.26. The first kappa shape index (κ1) is 11.9. The van der Waals surface area contributed by atoms with Crippen LogP contribution >= 0.6 is 22.9 Å². The molecule has 0 aliphatic rings. The molecule has 3 aromatic rings. The van der Waals surface area contributed by atoms with Gasteiger partial charge in [0, 0.05) is 17.5 Å². The van der Waals surface area contributed by atoms with Gasteiger partial charge in [0.2, 0.25) is 0 Å².